The molecule has 266 valence electrons. The van der Waals surface area contributed by atoms with Crippen LogP contribution >= 0.6 is 11.8 Å². The summed E-state index contributed by atoms with van der Waals surface area (Å²) >= 11 is 1.71. The van der Waals surface area contributed by atoms with Gasteiger partial charge in [-0.05, 0) is 75.7 Å². The predicted octanol–water partition coefficient (Wildman–Crippen LogP) is 13.0. The number of nitrogens with zero attached hydrogens (tertiary/aromatic N) is 3. The normalized spacial score (nSPS) is 15.7. The highest BCUT2D eigenvalue weighted by molar-refractivity contribution is 7.98. The van der Waals surface area contributed by atoms with Gasteiger partial charge in [0.05, 0.1) is 0 Å². The molecule has 5 nitrogen and oxygen atoms in total. The van der Waals surface area contributed by atoms with Crippen LogP contribution in [0.2, 0.25) is 0 Å². The average Bonchev–Trinajstić information content (AvgIpc) is 3.84. The zero-order chi connectivity index (χ0) is 37.2. The monoisotopic (exact) mass is 739 g/mol. The van der Waals surface area contributed by atoms with E-state index in [9.17, 15) is 0 Å². The van der Waals surface area contributed by atoms with Gasteiger partial charge in [0.25, 0.3) is 0 Å². The molecular weight excluding hydrogens is 707 g/mol. The Morgan fingerprint density at radius 3 is 2.12 bits per heavy atom. The fraction of sp³-hybridized carbons (Fsp3) is 0.0600. The predicted molar refractivity (Wildman–Crippen MR) is 229 cm³/mol. The van der Waals surface area contributed by atoms with Crippen molar-refractivity contribution in [1.29, 1.82) is 0 Å². The second-order valence-corrected chi connectivity index (χ2v) is 15.0. The first-order chi connectivity index (χ1) is 27.7. The maximum atomic E-state index is 6.65. The highest BCUT2D eigenvalue weighted by Crippen LogP contribution is 2.47. The van der Waals surface area contributed by atoms with Gasteiger partial charge in [-0.3, -0.25) is 0 Å². The molecular formula is C50H33N3O2S. The Morgan fingerprint density at radius 1 is 0.518 bits per heavy atom. The van der Waals surface area contributed by atoms with Crippen LogP contribution in [-0.4, -0.2) is 27.3 Å². The van der Waals surface area contributed by atoms with Crippen molar-refractivity contribution in [3.63, 3.8) is 0 Å². The summed E-state index contributed by atoms with van der Waals surface area (Å²) in [5.74, 6) is 2.95. The van der Waals surface area contributed by atoms with E-state index in [-0.39, 0.29) is 12.0 Å². The molecule has 6 heteroatoms. The lowest BCUT2D eigenvalue weighted by atomic mass is 9.86. The second-order valence-electron chi connectivity index (χ2n) is 14.2. The molecule has 1 aliphatic carbocycles. The number of thioether (sulfide) groups is 1. The van der Waals surface area contributed by atoms with E-state index in [1.54, 1.807) is 11.8 Å². The standard InChI is InChI=1S/C50H33N3O2S/c1-56-47-36(31-13-3-2-4-14-31)18-9-20-40(47)50-52-48(34-25-24-30-12-5-6-15-32(30)28-34)51-49(53-50)39-19-11-23-43-46(39)38-27-26-33(29-44(38)55-43)35-17-10-22-42-45(35)37-16-7-8-21-41(37)54-42/h2-29,37,41H,1H3. The van der Waals surface area contributed by atoms with Crippen LogP contribution in [-0.2, 0) is 0 Å². The molecule has 2 aromatic heterocycles. The van der Waals surface area contributed by atoms with Crippen molar-refractivity contribution in [2.24, 2.45) is 0 Å². The molecule has 0 spiro atoms. The Morgan fingerprint density at radius 2 is 1.23 bits per heavy atom. The van der Waals surface area contributed by atoms with Gasteiger partial charge in [0.2, 0.25) is 0 Å². The fourth-order valence-electron chi connectivity index (χ4n) is 8.38. The summed E-state index contributed by atoms with van der Waals surface area (Å²) < 4.78 is 13.0. The molecule has 0 fully saturated rings. The van der Waals surface area contributed by atoms with Crippen LogP contribution in [0, 0.1) is 0 Å². The number of furan rings is 1. The Hall–Kier alpha value is -6.76. The van der Waals surface area contributed by atoms with Crippen molar-refractivity contribution in [3.05, 3.63) is 175 Å². The van der Waals surface area contributed by atoms with Crippen LogP contribution in [0.4, 0.5) is 0 Å². The van der Waals surface area contributed by atoms with Crippen molar-refractivity contribution in [2.75, 3.05) is 6.26 Å². The lowest BCUT2D eigenvalue weighted by molar-refractivity contribution is 0.269. The molecule has 2 atom stereocenters. The number of hydrogen-bond acceptors (Lipinski definition) is 6. The van der Waals surface area contributed by atoms with Crippen LogP contribution in [0.25, 0.3) is 89.1 Å². The topological polar surface area (TPSA) is 61.0 Å². The summed E-state index contributed by atoms with van der Waals surface area (Å²) in [7, 11) is 0. The van der Waals surface area contributed by atoms with Crippen LogP contribution in [0.15, 0.2) is 179 Å². The van der Waals surface area contributed by atoms with E-state index < -0.39 is 0 Å². The third kappa shape index (κ3) is 5.36. The zero-order valence-electron chi connectivity index (χ0n) is 30.4. The van der Waals surface area contributed by atoms with Crippen molar-refractivity contribution >= 4 is 44.5 Å². The maximum absolute atomic E-state index is 6.65. The van der Waals surface area contributed by atoms with Crippen molar-refractivity contribution in [3.8, 4) is 62.2 Å². The smallest absolute Gasteiger partial charge is 0.165 e. The molecule has 0 radical (unpaired) electrons. The maximum Gasteiger partial charge on any atom is 0.165 e. The van der Waals surface area contributed by atoms with Gasteiger partial charge in [-0.1, -0.05) is 133 Å². The van der Waals surface area contributed by atoms with Crippen LogP contribution in [0.1, 0.15) is 11.5 Å². The zero-order valence-corrected chi connectivity index (χ0v) is 31.2. The van der Waals surface area contributed by atoms with Crippen LogP contribution in [0.3, 0.4) is 0 Å². The minimum absolute atomic E-state index is 0.0196. The van der Waals surface area contributed by atoms with E-state index in [1.165, 1.54) is 10.9 Å². The summed E-state index contributed by atoms with van der Waals surface area (Å²) in [6, 6.07) is 50.6. The third-order valence-corrected chi connectivity index (χ3v) is 11.8. The van der Waals surface area contributed by atoms with E-state index in [0.717, 1.165) is 76.9 Å². The highest BCUT2D eigenvalue weighted by Gasteiger charge is 2.34. The van der Waals surface area contributed by atoms with Gasteiger partial charge in [0.1, 0.15) is 23.0 Å². The first-order valence-corrected chi connectivity index (χ1v) is 20.0. The first-order valence-electron chi connectivity index (χ1n) is 18.8. The van der Waals surface area contributed by atoms with Gasteiger partial charge in [0, 0.05) is 43.8 Å². The molecule has 0 saturated heterocycles. The number of ether oxygens (including phenoxy) is 1. The van der Waals surface area contributed by atoms with Gasteiger partial charge in [-0.2, -0.15) is 0 Å². The molecule has 7 aromatic carbocycles. The lowest BCUT2D eigenvalue weighted by Crippen LogP contribution is -2.15. The minimum atomic E-state index is 0.0196. The Labute approximate surface area is 328 Å². The molecule has 0 N–H and O–H groups in total. The summed E-state index contributed by atoms with van der Waals surface area (Å²) in [6.45, 7) is 0. The molecule has 3 heterocycles. The number of fused-ring (bicyclic) bond motifs is 7. The Bertz CT molecular complexity index is 3070. The SMILES string of the molecule is CSc1c(-c2ccccc2)cccc1-c1nc(-c2ccc3ccccc3c2)nc(-c2cccc3oc4cc(-c5cccc6c5C5C=CC=CC5O6)ccc4c23)n1. The molecule has 0 bridgehead atoms. The Balaban J connectivity index is 1.10. The van der Waals surface area contributed by atoms with E-state index in [4.69, 9.17) is 24.1 Å². The van der Waals surface area contributed by atoms with Crippen molar-refractivity contribution in [2.45, 2.75) is 16.9 Å². The van der Waals surface area contributed by atoms with E-state index in [0.29, 0.717) is 17.5 Å². The number of rotatable bonds is 6. The van der Waals surface area contributed by atoms with Crippen LogP contribution in [0.5, 0.6) is 5.75 Å². The molecule has 11 rings (SSSR count). The fourth-order valence-corrected chi connectivity index (χ4v) is 9.17. The molecule has 2 aliphatic rings. The summed E-state index contributed by atoms with van der Waals surface area (Å²) in [4.78, 5) is 16.8. The van der Waals surface area contributed by atoms with Gasteiger partial charge >= 0.3 is 0 Å². The summed E-state index contributed by atoms with van der Waals surface area (Å²) in [6.07, 6.45) is 10.7. The number of allylic oxidation sites excluding steroid dienone is 2. The van der Waals surface area contributed by atoms with Gasteiger partial charge in [-0.15, -0.1) is 11.8 Å². The summed E-state index contributed by atoms with van der Waals surface area (Å²) in [5, 5.41) is 4.28. The molecule has 0 saturated carbocycles. The number of benzene rings is 7. The highest BCUT2D eigenvalue weighted by atomic mass is 32.2. The first kappa shape index (κ1) is 32.7. The van der Waals surface area contributed by atoms with Gasteiger partial charge in [0.15, 0.2) is 17.5 Å². The Kier molecular flexibility index (Phi) is 7.71. The quantitative estimate of drug-likeness (QED) is 0.158. The van der Waals surface area contributed by atoms with Crippen LogP contribution < -0.4 is 4.74 Å². The molecule has 1 aliphatic heterocycles. The second kappa shape index (κ2) is 13.2. The largest absolute Gasteiger partial charge is 0.485 e. The molecule has 9 aromatic rings. The van der Waals surface area contributed by atoms with E-state index in [2.05, 4.69) is 158 Å². The van der Waals surface area contributed by atoms with Gasteiger partial charge in [-0.25, -0.2) is 15.0 Å². The lowest BCUT2D eigenvalue weighted by Gasteiger charge is -2.16. The van der Waals surface area contributed by atoms with Crippen molar-refractivity contribution in [1.82, 2.24) is 15.0 Å². The number of hydrogen-bond donors (Lipinski definition) is 0. The molecule has 56 heavy (non-hydrogen) atoms. The minimum Gasteiger partial charge on any atom is -0.485 e. The average molecular weight is 740 g/mol. The summed E-state index contributed by atoms with van der Waals surface area (Å²) in [5.41, 5.74) is 10.1. The van der Waals surface area contributed by atoms with Crippen molar-refractivity contribution < 1.29 is 9.15 Å². The molecule has 2 unspecified atom stereocenters. The molecule has 0 amide bonds. The van der Waals surface area contributed by atoms with E-state index in [1.807, 2.05) is 18.2 Å². The third-order valence-electron chi connectivity index (χ3n) is 11.0. The van der Waals surface area contributed by atoms with Gasteiger partial charge < -0.3 is 9.15 Å². The number of aromatic nitrogens is 3. The van der Waals surface area contributed by atoms with E-state index >= 15 is 0 Å².